The van der Waals surface area contributed by atoms with Crippen molar-refractivity contribution in [2.24, 2.45) is 5.92 Å². The first-order valence-electron chi connectivity index (χ1n) is 7.30. The Bertz CT molecular complexity index is 425. The Morgan fingerprint density at radius 1 is 1.26 bits per heavy atom. The van der Waals surface area contributed by atoms with Gasteiger partial charge < -0.3 is 9.84 Å². The van der Waals surface area contributed by atoms with Crippen LogP contribution in [0.4, 0.5) is 0 Å². The molecule has 1 heterocycles. The van der Waals surface area contributed by atoms with Crippen LogP contribution < -0.4 is 4.74 Å². The summed E-state index contributed by atoms with van der Waals surface area (Å²) in [6, 6.07) is 4.13. The SMILES string of the molecule is CCCC(CCC)C(O)c1cc(Br)cc2c1OCC2. The molecule has 1 N–H and O–H groups in total. The molecule has 0 aromatic heterocycles. The predicted octanol–water partition coefficient (Wildman–Crippen LogP) is 4.63. The van der Waals surface area contributed by atoms with Gasteiger partial charge in [0.2, 0.25) is 0 Å². The summed E-state index contributed by atoms with van der Waals surface area (Å²) in [5.74, 6) is 1.26. The maximum Gasteiger partial charge on any atom is 0.128 e. The molecule has 3 heteroatoms. The molecule has 1 unspecified atom stereocenters. The van der Waals surface area contributed by atoms with Crippen LogP contribution >= 0.6 is 15.9 Å². The first-order valence-corrected chi connectivity index (χ1v) is 8.09. The number of benzene rings is 1. The standard InChI is InChI=1S/C16H23BrO2/c1-3-5-11(6-4-2)15(18)14-10-13(17)9-12-7-8-19-16(12)14/h9-11,15,18H,3-8H2,1-2H3. The number of fused-ring (bicyclic) bond motifs is 1. The molecule has 0 radical (unpaired) electrons. The average molecular weight is 327 g/mol. The third kappa shape index (κ3) is 3.32. The van der Waals surface area contributed by atoms with E-state index in [1.54, 1.807) is 0 Å². The minimum absolute atomic E-state index is 0.331. The van der Waals surface area contributed by atoms with Gasteiger partial charge in [-0.1, -0.05) is 42.6 Å². The van der Waals surface area contributed by atoms with E-state index < -0.39 is 6.10 Å². The summed E-state index contributed by atoms with van der Waals surface area (Å²) >= 11 is 3.54. The zero-order valence-electron chi connectivity index (χ0n) is 11.8. The maximum absolute atomic E-state index is 10.7. The molecule has 2 rings (SSSR count). The van der Waals surface area contributed by atoms with Crippen molar-refractivity contribution < 1.29 is 9.84 Å². The summed E-state index contributed by atoms with van der Waals surface area (Å²) in [5, 5.41) is 10.7. The van der Waals surface area contributed by atoms with Gasteiger partial charge in [0.05, 0.1) is 12.7 Å². The molecule has 0 saturated carbocycles. The summed E-state index contributed by atoms with van der Waals surface area (Å²) in [4.78, 5) is 0. The summed E-state index contributed by atoms with van der Waals surface area (Å²) < 4.78 is 6.77. The van der Waals surface area contributed by atoms with Crippen molar-refractivity contribution in [2.75, 3.05) is 6.61 Å². The van der Waals surface area contributed by atoms with E-state index in [4.69, 9.17) is 4.74 Å². The molecule has 0 amide bonds. The Kier molecular flexibility index (Phi) is 5.28. The molecule has 0 saturated heterocycles. The Labute approximate surface area is 124 Å². The molecule has 0 aliphatic carbocycles. The smallest absolute Gasteiger partial charge is 0.128 e. The Balaban J connectivity index is 2.29. The van der Waals surface area contributed by atoms with Crippen LogP contribution in [0.3, 0.4) is 0 Å². The molecular weight excluding hydrogens is 304 g/mol. The van der Waals surface area contributed by atoms with Crippen LogP contribution in [-0.4, -0.2) is 11.7 Å². The van der Waals surface area contributed by atoms with Crippen LogP contribution in [0, 0.1) is 5.92 Å². The number of rotatable bonds is 6. The minimum atomic E-state index is -0.413. The number of ether oxygens (including phenoxy) is 1. The van der Waals surface area contributed by atoms with Gasteiger partial charge in [-0.15, -0.1) is 0 Å². The van der Waals surface area contributed by atoms with Crippen molar-refractivity contribution in [1.29, 1.82) is 0 Å². The summed E-state index contributed by atoms with van der Waals surface area (Å²) in [5.41, 5.74) is 2.18. The van der Waals surface area contributed by atoms with E-state index >= 15 is 0 Å². The third-order valence-corrected chi connectivity index (χ3v) is 4.32. The second kappa shape index (κ2) is 6.76. The fourth-order valence-electron chi connectivity index (χ4n) is 2.97. The largest absolute Gasteiger partial charge is 0.493 e. The molecule has 0 bridgehead atoms. The van der Waals surface area contributed by atoms with Crippen LogP contribution in [0.2, 0.25) is 0 Å². The molecule has 0 fully saturated rings. The lowest BCUT2D eigenvalue weighted by molar-refractivity contribution is 0.0936. The Hall–Kier alpha value is -0.540. The van der Waals surface area contributed by atoms with Crippen LogP contribution in [0.1, 0.15) is 56.8 Å². The average Bonchev–Trinajstić information content (AvgIpc) is 2.84. The molecule has 0 spiro atoms. The summed E-state index contributed by atoms with van der Waals surface area (Å²) in [6.45, 7) is 5.09. The van der Waals surface area contributed by atoms with E-state index in [0.29, 0.717) is 5.92 Å². The fourth-order valence-corrected chi connectivity index (χ4v) is 3.50. The molecule has 1 aliphatic rings. The molecule has 1 aromatic rings. The van der Waals surface area contributed by atoms with Gasteiger partial charge in [-0.25, -0.2) is 0 Å². The summed E-state index contributed by atoms with van der Waals surface area (Å²) in [7, 11) is 0. The predicted molar refractivity (Wildman–Crippen MR) is 81.6 cm³/mol. The number of aliphatic hydroxyl groups is 1. The molecule has 19 heavy (non-hydrogen) atoms. The van der Waals surface area contributed by atoms with Gasteiger partial charge in [-0.3, -0.25) is 0 Å². The van der Waals surface area contributed by atoms with Crippen LogP contribution in [0.5, 0.6) is 5.75 Å². The van der Waals surface area contributed by atoms with Crippen LogP contribution in [0.15, 0.2) is 16.6 Å². The van der Waals surface area contributed by atoms with E-state index in [-0.39, 0.29) is 0 Å². The third-order valence-electron chi connectivity index (χ3n) is 3.86. The van der Waals surface area contributed by atoms with E-state index in [1.165, 1.54) is 5.56 Å². The zero-order valence-corrected chi connectivity index (χ0v) is 13.4. The van der Waals surface area contributed by atoms with Gasteiger partial charge in [0.25, 0.3) is 0 Å². The van der Waals surface area contributed by atoms with Gasteiger partial charge in [0.1, 0.15) is 5.75 Å². The van der Waals surface area contributed by atoms with E-state index in [9.17, 15) is 5.11 Å². The molecule has 1 aliphatic heterocycles. The van der Waals surface area contributed by atoms with E-state index in [2.05, 4.69) is 35.8 Å². The van der Waals surface area contributed by atoms with Gasteiger partial charge >= 0.3 is 0 Å². The second-order valence-corrected chi connectivity index (χ2v) is 6.28. The Morgan fingerprint density at radius 2 is 1.95 bits per heavy atom. The number of aliphatic hydroxyl groups excluding tert-OH is 1. The monoisotopic (exact) mass is 326 g/mol. The van der Waals surface area contributed by atoms with Crippen molar-refractivity contribution in [3.8, 4) is 5.75 Å². The van der Waals surface area contributed by atoms with Gasteiger partial charge in [-0.05, 0) is 36.5 Å². The molecule has 106 valence electrons. The topological polar surface area (TPSA) is 29.5 Å². The molecule has 1 aromatic carbocycles. The molecular formula is C16H23BrO2. The highest BCUT2D eigenvalue weighted by Crippen LogP contribution is 2.40. The van der Waals surface area contributed by atoms with Gasteiger partial charge in [-0.2, -0.15) is 0 Å². The highest BCUT2D eigenvalue weighted by atomic mass is 79.9. The highest BCUT2D eigenvalue weighted by Gasteiger charge is 2.26. The number of halogens is 1. The van der Waals surface area contributed by atoms with E-state index in [0.717, 1.165) is 54.5 Å². The lowest BCUT2D eigenvalue weighted by Crippen LogP contribution is -2.13. The lowest BCUT2D eigenvalue weighted by atomic mass is 9.87. The van der Waals surface area contributed by atoms with E-state index in [1.807, 2.05) is 6.07 Å². The minimum Gasteiger partial charge on any atom is -0.493 e. The fraction of sp³-hybridized carbons (Fsp3) is 0.625. The number of hydrogen-bond acceptors (Lipinski definition) is 2. The van der Waals surface area contributed by atoms with Gasteiger partial charge in [0.15, 0.2) is 0 Å². The number of hydrogen-bond donors (Lipinski definition) is 1. The van der Waals surface area contributed by atoms with Crippen LogP contribution in [0.25, 0.3) is 0 Å². The Morgan fingerprint density at radius 3 is 2.58 bits per heavy atom. The quantitative estimate of drug-likeness (QED) is 0.825. The molecule has 2 nitrogen and oxygen atoms in total. The highest BCUT2D eigenvalue weighted by molar-refractivity contribution is 9.10. The normalized spacial score (nSPS) is 15.4. The summed E-state index contributed by atoms with van der Waals surface area (Å²) in [6.07, 6.45) is 4.88. The van der Waals surface area contributed by atoms with Crippen molar-refractivity contribution in [2.45, 2.75) is 52.1 Å². The molecule has 1 atom stereocenters. The van der Waals surface area contributed by atoms with Crippen LogP contribution in [-0.2, 0) is 6.42 Å². The first-order chi connectivity index (χ1) is 9.17. The second-order valence-electron chi connectivity index (χ2n) is 5.36. The zero-order chi connectivity index (χ0) is 13.8. The van der Waals surface area contributed by atoms with Crippen molar-refractivity contribution in [3.05, 3.63) is 27.7 Å². The lowest BCUT2D eigenvalue weighted by Gasteiger charge is -2.24. The van der Waals surface area contributed by atoms with Crippen molar-refractivity contribution in [3.63, 3.8) is 0 Å². The first kappa shape index (κ1) is 14.9. The maximum atomic E-state index is 10.7. The van der Waals surface area contributed by atoms with Gasteiger partial charge in [0, 0.05) is 16.5 Å². The van der Waals surface area contributed by atoms with Crippen molar-refractivity contribution in [1.82, 2.24) is 0 Å². The van der Waals surface area contributed by atoms with Crippen molar-refractivity contribution >= 4 is 15.9 Å².